The highest BCUT2D eigenvalue weighted by Gasteiger charge is 2.24. The standard InChI is InChI=1S/C16H14O2/c17-10-13-6-7-16-15(9-13)14(11-18-16)8-12-4-2-1-3-5-12/h1-7,9-10,14H,8,11H2/t14-/m0/s1. The van der Waals surface area contributed by atoms with Crippen LogP contribution in [0.3, 0.4) is 0 Å². The summed E-state index contributed by atoms with van der Waals surface area (Å²) in [5.74, 6) is 1.27. The number of carbonyl (C=O) groups excluding carboxylic acids is 1. The smallest absolute Gasteiger partial charge is 0.150 e. The number of rotatable bonds is 3. The summed E-state index contributed by atoms with van der Waals surface area (Å²) < 4.78 is 5.67. The van der Waals surface area contributed by atoms with Crippen LogP contribution in [0.25, 0.3) is 0 Å². The van der Waals surface area contributed by atoms with E-state index in [0.717, 1.165) is 29.6 Å². The fraction of sp³-hybridized carbons (Fsp3) is 0.188. The van der Waals surface area contributed by atoms with Gasteiger partial charge < -0.3 is 4.74 Å². The van der Waals surface area contributed by atoms with Gasteiger partial charge in [-0.25, -0.2) is 0 Å². The molecule has 3 rings (SSSR count). The third-order valence-corrected chi connectivity index (χ3v) is 3.37. The Labute approximate surface area is 106 Å². The molecule has 1 aliphatic heterocycles. The molecule has 0 unspecified atom stereocenters. The maximum atomic E-state index is 10.8. The zero-order valence-corrected chi connectivity index (χ0v) is 10.0. The highest BCUT2D eigenvalue weighted by Crippen LogP contribution is 2.36. The molecule has 0 aromatic heterocycles. The number of ether oxygens (including phenoxy) is 1. The Kier molecular flexibility index (Phi) is 2.85. The Bertz CT molecular complexity index is 561. The first-order valence-electron chi connectivity index (χ1n) is 6.12. The normalized spacial score (nSPS) is 17.0. The lowest BCUT2D eigenvalue weighted by atomic mass is 9.93. The lowest BCUT2D eigenvalue weighted by Crippen LogP contribution is -2.04. The van der Waals surface area contributed by atoms with E-state index in [0.29, 0.717) is 12.5 Å². The van der Waals surface area contributed by atoms with Crippen molar-refractivity contribution in [1.82, 2.24) is 0 Å². The molecule has 0 saturated carbocycles. The molecule has 2 aromatic carbocycles. The molecule has 2 aromatic rings. The van der Waals surface area contributed by atoms with Gasteiger partial charge in [-0.05, 0) is 30.2 Å². The van der Waals surface area contributed by atoms with Crippen LogP contribution in [0.1, 0.15) is 27.4 Å². The van der Waals surface area contributed by atoms with Crippen molar-refractivity contribution in [1.29, 1.82) is 0 Å². The second-order valence-electron chi connectivity index (χ2n) is 4.61. The third-order valence-electron chi connectivity index (χ3n) is 3.37. The van der Waals surface area contributed by atoms with E-state index in [-0.39, 0.29) is 0 Å². The van der Waals surface area contributed by atoms with Crippen LogP contribution in [0.15, 0.2) is 48.5 Å². The predicted molar refractivity (Wildman–Crippen MR) is 70.2 cm³/mol. The van der Waals surface area contributed by atoms with Gasteiger partial charge in [0.15, 0.2) is 0 Å². The van der Waals surface area contributed by atoms with Crippen molar-refractivity contribution in [2.75, 3.05) is 6.61 Å². The van der Waals surface area contributed by atoms with Gasteiger partial charge in [-0.1, -0.05) is 30.3 Å². The summed E-state index contributed by atoms with van der Waals surface area (Å²) in [6, 6.07) is 16.0. The molecule has 0 saturated heterocycles. The summed E-state index contributed by atoms with van der Waals surface area (Å²) in [5, 5.41) is 0. The van der Waals surface area contributed by atoms with Crippen LogP contribution >= 0.6 is 0 Å². The van der Waals surface area contributed by atoms with Gasteiger partial charge in [-0.3, -0.25) is 4.79 Å². The number of benzene rings is 2. The first-order chi connectivity index (χ1) is 8.86. The van der Waals surface area contributed by atoms with Crippen LogP contribution in [0.2, 0.25) is 0 Å². The number of aldehydes is 1. The lowest BCUT2D eigenvalue weighted by Gasteiger charge is -2.09. The largest absolute Gasteiger partial charge is 0.493 e. The molecule has 0 aliphatic carbocycles. The van der Waals surface area contributed by atoms with E-state index in [9.17, 15) is 4.79 Å². The zero-order chi connectivity index (χ0) is 12.4. The van der Waals surface area contributed by atoms with E-state index in [4.69, 9.17) is 4.74 Å². The molecule has 0 spiro atoms. The predicted octanol–water partition coefficient (Wildman–Crippen LogP) is 3.22. The van der Waals surface area contributed by atoms with Crippen molar-refractivity contribution in [2.45, 2.75) is 12.3 Å². The molecule has 0 N–H and O–H groups in total. The van der Waals surface area contributed by atoms with E-state index >= 15 is 0 Å². The molecule has 2 heteroatoms. The van der Waals surface area contributed by atoms with Crippen molar-refractivity contribution >= 4 is 6.29 Å². The summed E-state index contributed by atoms with van der Waals surface area (Å²) >= 11 is 0. The minimum atomic E-state index is 0.349. The fourth-order valence-electron chi connectivity index (χ4n) is 2.44. The zero-order valence-electron chi connectivity index (χ0n) is 10.0. The summed E-state index contributed by atoms with van der Waals surface area (Å²) in [5.41, 5.74) is 3.18. The van der Waals surface area contributed by atoms with Gasteiger partial charge in [0.1, 0.15) is 12.0 Å². The van der Waals surface area contributed by atoms with Gasteiger partial charge in [-0.15, -0.1) is 0 Å². The molecule has 0 bridgehead atoms. The summed E-state index contributed by atoms with van der Waals surface area (Å²) in [7, 11) is 0. The maximum Gasteiger partial charge on any atom is 0.150 e. The molecular weight excluding hydrogens is 224 g/mol. The van der Waals surface area contributed by atoms with Crippen molar-refractivity contribution in [3.05, 3.63) is 65.2 Å². The summed E-state index contributed by atoms with van der Waals surface area (Å²) in [6.45, 7) is 0.701. The van der Waals surface area contributed by atoms with E-state index < -0.39 is 0 Å². The number of hydrogen-bond donors (Lipinski definition) is 0. The average Bonchev–Trinajstić information content (AvgIpc) is 2.82. The fourth-order valence-corrected chi connectivity index (χ4v) is 2.44. The van der Waals surface area contributed by atoms with Crippen LogP contribution in [0.4, 0.5) is 0 Å². The molecule has 1 aliphatic rings. The van der Waals surface area contributed by atoms with Gasteiger partial charge >= 0.3 is 0 Å². The van der Waals surface area contributed by atoms with E-state index in [1.54, 1.807) is 6.07 Å². The SMILES string of the molecule is O=Cc1ccc2c(c1)[C@@H](Cc1ccccc1)CO2. The minimum Gasteiger partial charge on any atom is -0.493 e. The van der Waals surface area contributed by atoms with Crippen molar-refractivity contribution < 1.29 is 9.53 Å². The van der Waals surface area contributed by atoms with Crippen LogP contribution in [-0.4, -0.2) is 12.9 Å². The quantitative estimate of drug-likeness (QED) is 0.767. The molecular formula is C16H14O2. The van der Waals surface area contributed by atoms with Crippen LogP contribution in [0, 0.1) is 0 Å². The number of fused-ring (bicyclic) bond motifs is 1. The molecule has 1 atom stereocenters. The van der Waals surface area contributed by atoms with Crippen LogP contribution in [0.5, 0.6) is 5.75 Å². The first kappa shape index (κ1) is 11.0. The molecule has 0 radical (unpaired) electrons. The second kappa shape index (κ2) is 4.65. The number of hydrogen-bond acceptors (Lipinski definition) is 2. The van der Waals surface area contributed by atoms with Gasteiger partial charge in [-0.2, -0.15) is 0 Å². The Morgan fingerprint density at radius 3 is 2.78 bits per heavy atom. The van der Waals surface area contributed by atoms with Crippen molar-refractivity contribution in [3.8, 4) is 5.75 Å². The highest BCUT2D eigenvalue weighted by molar-refractivity contribution is 5.76. The summed E-state index contributed by atoms with van der Waals surface area (Å²) in [4.78, 5) is 10.8. The van der Waals surface area contributed by atoms with Crippen molar-refractivity contribution in [2.24, 2.45) is 0 Å². The third kappa shape index (κ3) is 2.02. The molecule has 1 heterocycles. The molecule has 0 amide bonds. The maximum absolute atomic E-state index is 10.8. The lowest BCUT2D eigenvalue weighted by molar-refractivity contribution is 0.112. The second-order valence-corrected chi connectivity index (χ2v) is 4.61. The topological polar surface area (TPSA) is 26.3 Å². The van der Waals surface area contributed by atoms with Crippen LogP contribution < -0.4 is 4.74 Å². The van der Waals surface area contributed by atoms with E-state index in [1.807, 2.05) is 30.3 Å². The molecule has 0 fully saturated rings. The van der Waals surface area contributed by atoms with Crippen molar-refractivity contribution in [3.63, 3.8) is 0 Å². The van der Waals surface area contributed by atoms with Gasteiger partial charge in [0, 0.05) is 17.0 Å². The van der Waals surface area contributed by atoms with Gasteiger partial charge in [0.2, 0.25) is 0 Å². The Morgan fingerprint density at radius 2 is 2.00 bits per heavy atom. The number of carbonyl (C=O) groups is 1. The van der Waals surface area contributed by atoms with Gasteiger partial charge in [0.05, 0.1) is 6.61 Å². The Hall–Kier alpha value is -2.09. The van der Waals surface area contributed by atoms with E-state index in [2.05, 4.69) is 12.1 Å². The average molecular weight is 238 g/mol. The molecule has 90 valence electrons. The monoisotopic (exact) mass is 238 g/mol. The van der Waals surface area contributed by atoms with Crippen LogP contribution in [-0.2, 0) is 6.42 Å². The van der Waals surface area contributed by atoms with Gasteiger partial charge in [0.25, 0.3) is 0 Å². The van der Waals surface area contributed by atoms with E-state index in [1.165, 1.54) is 5.56 Å². The molecule has 2 nitrogen and oxygen atoms in total. The summed E-state index contributed by atoms with van der Waals surface area (Å²) in [6.07, 6.45) is 1.84. The minimum absolute atomic E-state index is 0.349. The Balaban J connectivity index is 1.88. The molecule has 18 heavy (non-hydrogen) atoms. The Morgan fingerprint density at radius 1 is 1.17 bits per heavy atom. The first-order valence-corrected chi connectivity index (χ1v) is 6.12. The highest BCUT2D eigenvalue weighted by atomic mass is 16.5.